The van der Waals surface area contributed by atoms with Crippen LogP contribution in [0.5, 0.6) is 0 Å². The Hall–Kier alpha value is -0.880. The first kappa shape index (κ1) is 10.3. The molecule has 0 bridgehead atoms. The van der Waals surface area contributed by atoms with Crippen LogP contribution < -0.4 is 0 Å². The minimum absolute atomic E-state index is 0.443. The molecule has 0 amide bonds. The van der Waals surface area contributed by atoms with Crippen molar-refractivity contribution in [2.45, 2.75) is 11.2 Å². The van der Waals surface area contributed by atoms with Crippen molar-refractivity contribution in [3.63, 3.8) is 0 Å². The fraction of sp³-hybridized carbons (Fsp3) is 0.300. The van der Waals surface area contributed by atoms with Crippen LogP contribution in [0.15, 0.2) is 29.7 Å². The van der Waals surface area contributed by atoms with Crippen LogP contribution in [-0.2, 0) is 0 Å². The molecule has 1 atom stereocenters. The molecule has 2 aromatic heterocycles. The average molecular weight is 297 g/mol. The predicted molar refractivity (Wildman–Crippen MR) is 66.8 cm³/mol. The fourth-order valence-electron chi connectivity index (χ4n) is 1.76. The second-order valence-corrected chi connectivity index (χ2v) is 5.17. The number of aromatic nitrogens is 4. The molecule has 6 heteroatoms. The summed E-state index contributed by atoms with van der Waals surface area (Å²) in [6.45, 7) is 0. The molecule has 0 N–H and O–H groups in total. The molecule has 1 aliphatic heterocycles. The van der Waals surface area contributed by atoms with E-state index in [0.717, 1.165) is 27.6 Å². The van der Waals surface area contributed by atoms with E-state index >= 15 is 0 Å². The Morgan fingerprint density at radius 1 is 1.38 bits per heavy atom. The van der Waals surface area contributed by atoms with Gasteiger partial charge >= 0.3 is 0 Å². The summed E-state index contributed by atoms with van der Waals surface area (Å²) >= 11 is 5.30. The standard InChI is InChI=1S/C10H9BrN4S/c11-5-8-6-16-10-14-13-9(15(8)10)7-1-3-12-4-2-7/h1-4,8H,5-6H2. The molecule has 0 aromatic carbocycles. The lowest BCUT2D eigenvalue weighted by Crippen LogP contribution is -2.09. The van der Waals surface area contributed by atoms with Crippen molar-refractivity contribution in [2.24, 2.45) is 0 Å². The quantitative estimate of drug-likeness (QED) is 0.798. The lowest BCUT2D eigenvalue weighted by molar-refractivity contribution is 0.600. The van der Waals surface area contributed by atoms with Gasteiger partial charge in [0, 0.05) is 29.0 Å². The largest absolute Gasteiger partial charge is 0.297 e. The Morgan fingerprint density at radius 2 is 2.19 bits per heavy atom. The summed E-state index contributed by atoms with van der Waals surface area (Å²) in [5.41, 5.74) is 1.07. The molecule has 0 fully saturated rings. The van der Waals surface area contributed by atoms with Crippen LogP contribution in [0.2, 0.25) is 0 Å². The van der Waals surface area contributed by atoms with E-state index in [-0.39, 0.29) is 0 Å². The van der Waals surface area contributed by atoms with Crippen LogP contribution in [0.1, 0.15) is 6.04 Å². The molecule has 3 heterocycles. The number of nitrogens with zero attached hydrogens (tertiary/aromatic N) is 4. The number of thioether (sulfide) groups is 1. The Balaban J connectivity index is 2.10. The second kappa shape index (κ2) is 4.18. The van der Waals surface area contributed by atoms with Crippen molar-refractivity contribution in [3.8, 4) is 11.4 Å². The van der Waals surface area contributed by atoms with Crippen molar-refractivity contribution in [1.82, 2.24) is 19.7 Å². The molecular formula is C10H9BrN4S. The molecule has 0 saturated heterocycles. The summed E-state index contributed by atoms with van der Waals surface area (Å²) in [5, 5.41) is 10.4. The Morgan fingerprint density at radius 3 is 2.94 bits per heavy atom. The monoisotopic (exact) mass is 296 g/mol. The summed E-state index contributed by atoms with van der Waals surface area (Å²) in [7, 11) is 0. The number of halogens is 1. The molecule has 0 saturated carbocycles. The zero-order chi connectivity index (χ0) is 11.0. The van der Waals surface area contributed by atoms with Gasteiger partial charge in [-0.1, -0.05) is 27.7 Å². The van der Waals surface area contributed by atoms with E-state index in [2.05, 4.69) is 35.7 Å². The third kappa shape index (κ3) is 1.56. The van der Waals surface area contributed by atoms with Crippen LogP contribution in [0.25, 0.3) is 11.4 Å². The topological polar surface area (TPSA) is 43.6 Å². The van der Waals surface area contributed by atoms with Crippen molar-refractivity contribution in [1.29, 1.82) is 0 Å². The van der Waals surface area contributed by atoms with E-state index in [1.807, 2.05) is 12.1 Å². The highest BCUT2D eigenvalue weighted by atomic mass is 79.9. The third-order valence-corrected chi connectivity index (χ3v) is 4.39. The van der Waals surface area contributed by atoms with Gasteiger partial charge in [0.05, 0.1) is 6.04 Å². The SMILES string of the molecule is BrCC1CSc2nnc(-c3ccncc3)n21. The summed E-state index contributed by atoms with van der Waals surface area (Å²) < 4.78 is 2.20. The lowest BCUT2D eigenvalue weighted by atomic mass is 10.2. The van der Waals surface area contributed by atoms with Crippen LogP contribution in [0, 0.1) is 0 Å². The zero-order valence-electron chi connectivity index (χ0n) is 8.38. The lowest BCUT2D eigenvalue weighted by Gasteiger charge is -2.10. The first-order valence-electron chi connectivity index (χ1n) is 4.94. The van der Waals surface area contributed by atoms with Crippen molar-refractivity contribution in [2.75, 3.05) is 11.1 Å². The van der Waals surface area contributed by atoms with Crippen LogP contribution in [-0.4, -0.2) is 30.8 Å². The minimum Gasteiger partial charge on any atom is -0.297 e. The van der Waals surface area contributed by atoms with E-state index in [1.165, 1.54) is 0 Å². The number of rotatable bonds is 2. The van der Waals surface area contributed by atoms with E-state index in [4.69, 9.17) is 0 Å². The Bertz CT molecular complexity index is 499. The maximum Gasteiger partial charge on any atom is 0.191 e. The number of fused-ring (bicyclic) bond motifs is 1. The molecule has 0 radical (unpaired) electrons. The molecule has 2 aromatic rings. The van der Waals surface area contributed by atoms with Gasteiger partial charge in [-0.3, -0.25) is 9.55 Å². The summed E-state index contributed by atoms with van der Waals surface area (Å²) in [6.07, 6.45) is 3.56. The summed E-state index contributed by atoms with van der Waals surface area (Å²) in [6, 6.07) is 4.37. The van der Waals surface area contributed by atoms with Gasteiger partial charge in [0.2, 0.25) is 0 Å². The van der Waals surface area contributed by atoms with E-state index in [0.29, 0.717) is 6.04 Å². The van der Waals surface area contributed by atoms with E-state index < -0.39 is 0 Å². The normalized spacial score (nSPS) is 18.7. The number of hydrogen-bond acceptors (Lipinski definition) is 4. The second-order valence-electron chi connectivity index (χ2n) is 3.53. The van der Waals surface area contributed by atoms with Gasteiger partial charge in [-0.05, 0) is 12.1 Å². The first-order chi connectivity index (χ1) is 7.90. The van der Waals surface area contributed by atoms with E-state index in [9.17, 15) is 0 Å². The van der Waals surface area contributed by atoms with Crippen molar-refractivity contribution in [3.05, 3.63) is 24.5 Å². The van der Waals surface area contributed by atoms with Crippen molar-refractivity contribution >= 4 is 27.7 Å². The Kier molecular flexibility index (Phi) is 2.69. The predicted octanol–water partition coefficient (Wildman–Crippen LogP) is 2.38. The molecule has 0 spiro atoms. The maximum atomic E-state index is 4.25. The first-order valence-corrected chi connectivity index (χ1v) is 7.05. The Labute approximate surface area is 106 Å². The smallest absolute Gasteiger partial charge is 0.191 e. The molecule has 4 nitrogen and oxygen atoms in total. The fourth-order valence-corrected chi connectivity index (χ4v) is 3.66. The molecule has 1 unspecified atom stereocenters. The van der Waals surface area contributed by atoms with Crippen LogP contribution in [0.3, 0.4) is 0 Å². The molecule has 0 aliphatic carbocycles. The highest BCUT2D eigenvalue weighted by Crippen LogP contribution is 2.36. The van der Waals surface area contributed by atoms with Gasteiger partial charge in [-0.2, -0.15) is 0 Å². The van der Waals surface area contributed by atoms with Gasteiger partial charge in [0.1, 0.15) is 0 Å². The van der Waals surface area contributed by atoms with Gasteiger partial charge in [-0.25, -0.2) is 0 Å². The van der Waals surface area contributed by atoms with Crippen molar-refractivity contribution < 1.29 is 0 Å². The van der Waals surface area contributed by atoms with Crippen LogP contribution >= 0.6 is 27.7 Å². The minimum atomic E-state index is 0.443. The van der Waals surface area contributed by atoms with Crippen LogP contribution in [0.4, 0.5) is 0 Å². The molecule has 1 aliphatic rings. The van der Waals surface area contributed by atoms with E-state index in [1.54, 1.807) is 24.2 Å². The third-order valence-electron chi connectivity index (χ3n) is 2.55. The zero-order valence-corrected chi connectivity index (χ0v) is 10.8. The van der Waals surface area contributed by atoms with Gasteiger partial charge < -0.3 is 0 Å². The maximum absolute atomic E-state index is 4.25. The molecule has 82 valence electrons. The van der Waals surface area contributed by atoms with Gasteiger partial charge in [0.15, 0.2) is 11.0 Å². The number of pyridine rings is 1. The summed E-state index contributed by atoms with van der Waals surface area (Å²) in [4.78, 5) is 4.02. The highest BCUT2D eigenvalue weighted by molar-refractivity contribution is 9.09. The average Bonchev–Trinajstić information content (AvgIpc) is 2.90. The molecule has 3 rings (SSSR count). The summed E-state index contributed by atoms with van der Waals surface area (Å²) in [5.74, 6) is 2.00. The van der Waals surface area contributed by atoms with Gasteiger partial charge in [-0.15, -0.1) is 10.2 Å². The van der Waals surface area contributed by atoms with Gasteiger partial charge in [0.25, 0.3) is 0 Å². The molecule has 16 heavy (non-hydrogen) atoms. The molecular weight excluding hydrogens is 288 g/mol. The highest BCUT2D eigenvalue weighted by Gasteiger charge is 2.27. The number of alkyl halides is 1. The number of hydrogen-bond donors (Lipinski definition) is 0.